The summed E-state index contributed by atoms with van der Waals surface area (Å²) >= 11 is 0. The van der Waals surface area contributed by atoms with E-state index in [4.69, 9.17) is 15.1 Å². The molecular weight excluding hydrogens is 203 g/mol. The summed E-state index contributed by atoms with van der Waals surface area (Å²) in [5.41, 5.74) is 0. The summed E-state index contributed by atoms with van der Waals surface area (Å²) in [6, 6.07) is 0. The lowest BCUT2D eigenvalue weighted by atomic mass is 10.2. The molecule has 3 N–H and O–H groups in total. The van der Waals surface area contributed by atoms with Crippen LogP contribution in [-0.2, 0) is 13.9 Å². The quantitative estimate of drug-likeness (QED) is 0.336. The zero-order chi connectivity index (χ0) is 10.5. The molecule has 0 aliphatic heterocycles. The van der Waals surface area contributed by atoms with Gasteiger partial charge in [-0.3, -0.25) is 4.57 Å². The van der Waals surface area contributed by atoms with Gasteiger partial charge in [0.05, 0.1) is 12.7 Å². The van der Waals surface area contributed by atoms with Crippen molar-refractivity contribution in [2.24, 2.45) is 0 Å². The molecule has 13 heavy (non-hydrogen) atoms. The van der Waals surface area contributed by atoms with Gasteiger partial charge in [0.25, 0.3) is 7.82 Å². The first-order valence-electron chi connectivity index (χ1n) is 3.35. The first-order chi connectivity index (χ1) is 5.87. The smallest absolute Gasteiger partial charge is 0.265 e. The van der Waals surface area contributed by atoms with Crippen LogP contribution in [0.2, 0.25) is 0 Å². The number of carbonyl (C=O) groups excluding carboxylic acids is 1. The van der Waals surface area contributed by atoms with Crippen molar-refractivity contribution in [3.8, 4) is 0 Å². The van der Waals surface area contributed by atoms with Crippen molar-refractivity contribution < 1.29 is 33.9 Å². The molecular formula is C5H10O7P-. The summed E-state index contributed by atoms with van der Waals surface area (Å²) in [7, 11) is -4.89. The van der Waals surface area contributed by atoms with Gasteiger partial charge in [-0.15, -0.1) is 0 Å². The third kappa shape index (κ3) is 6.83. The van der Waals surface area contributed by atoms with Gasteiger partial charge in [0.1, 0.15) is 12.4 Å². The molecule has 0 aliphatic carbocycles. The maximum absolute atomic E-state index is 10.0. The van der Waals surface area contributed by atoms with Crippen molar-refractivity contribution in [2.45, 2.75) is 18.6 Å². The summed E-state index contributed by atoms with van der Waals surface area (Å²) in [4.78, 5) is 28.0. The molecule has 0 saturated heterocycles. The Balaban J connectivity index is 3.80. The molecule has 78 valence electrons. The van der Waals surface area contributed by atoms with E-state index in [0.29, 0.717) is 6.29 Å². The highest BCUT2D eigenvalue weighted by molar-refractivity contribution is 7.44. The third-order valence-corrected chi connectivity index (χ3v) is 1.67. The van der Waals surface area contributed by atoms with Crippen LogP contribution in [0.15, 0.2) is 0 Å². The molecule has 0 heterocycles. The number of phosphoric ester groups is 1. The van der Waals surface area contributed by atoms with Crippen molar-refractivity contribution in [3.05, 3.63) is 0 Å². The Kier molecular flexibility index (Phi) is 5.31. The largest absolute Gasteiger partial charge is 0.756 e. The Hall–Kier alpha value is -0.300. The van der Waals surface area contributed by atoms with Gasteiger partial charge >= 0.3 is 0 Å². The third-order valence-electron chi connectivity index (χ3n) is 1.19. The van der Waals surface area contributed by atoms with Crippen molar-refractivity contribution in [1.29, 1.82) is 0 Å². The van der Waals surface area contributed by atoms with E-state index in [1.54, 1.807) is 0 Å². The van der Waals surface area contributed by atoms with E-state index in [9.17, 15) is 14.3 Å². The van der Waals surface area contributed by atoms with Crippen LogP contribution in [0, 0.1) is 0 Å². The van der Waals surface area contributed by atoms with Gasteiger partial charge in [0.15, 0.2) is 0 Å². The van der Waals surface area contributed by atoms with E-state index in [-0.39, 0.29) is 6.42 Å². The second-order valence-corrected chi connectivity index (χ2v) is 3.50. The number of carbonyl (C=O) groups is 1. The van der Waals surface area contributed by atoms with Gasteiger partial charge in [-0.1, -0.05) is 0 Å². The zero-order valence-electron chi connectivity index (χ0n) is 6.57. The van der Waals surface area contributed by atoms with Gasteiger partial charge in [-0.25, -0.2) is 0 Å². The van der Waals surface area contributed by atoms with Gasteiger partial charge in [0, 0.05) is 6.42 Å². The van der Waals surface area contributed by atoms with Crippen LogP contribution in [0.3, 0.4) is 0 Å². The molecule has 7 nitrogen and oxygen atoms in total. The second kappa shape index (κ2) is 5.43. The SMILES string of the molecule is O=CCC(O)C(O)COP(=O)([O-])O. The van der Waals surface area contributed by atoms with Crippen LogP contribution in [-0.4, -0.2) is 40.2 Å². The molecule has 0 rings (SSSR count). The van der Waals surface area contributed by atoms with Crippen LogP contribution in [0.1, 0.15) is 6.42 Å². The number of aliphatic hydroxyl groups is 2. The summed E-state index contributed by atoms with van der Waals surface area (Å²) < 4.78 is 13.8. The lowest BCUT2D eigenvalue weighted by Gasteiger charge is -2.20. The molecule has 0 bridgehead atoms. The fourth-order valence-corrected chi connectivity index (χ4v) is 0.878. The lowest BCUT2D eigenvalue weighted by molar-refractivity contribution is -0.222. The molecule has 0 fully saturated rings. The van der Waals surface area contributed by atoms with Gasteiger partial charge in [0.2, 0.25) is 0 Å². The first-order valence-corrected chi connectivity index (χ1v) is 4.84. The summed E-state index contributed by atoms with van der Waals surface area (Å²) in [6.45, 7) is -0.785. The molecule has 0 aliphatic rings. The summed E-state index contributed by atoms with van der Waals surface area (Å²) in [5, 5.41) is 17.8. The van der Waals surface area contributed by atoms with Crippen LogP contribution < -0.4 is 4.89 Å². The van der Waals surface area contributed by atoms with E-state index in [1.165, 1.54) is 0 Å². The zero-order valence-corrected chi connectivity index (χ0v) is 7.46. The Morgan fingerprint density at radius 3 is 2.38 bits per heavy atom. The fourth-order valence-electron chi connectivity index (χ4n) is 0.537. The predicted octanol–water partition coefficient (Wildman–Crippen LogP) is -2.23. The minimum Gasteiger partial charge on any atom is -0.756 e. The standard InChI is InChI=1S/C5H11O7P/c6-2-1-4(7)5(8)3-12-13(9,10)11/h2,4-5,7-8H,1,3H2,(H2,9,10,11)/p-1. The maximum Gasteiger partial charge on any atom is 0.265 e. The number of rotatable bonds is 6. The predicted molar refractivity (Wildman–Crippen MR) is 38.5 cm³/mol. The molecule has 0 radical (unpaired) electrons. The fraction of sp³-hybridized carbons (Fsp3) is 0.800. The first kappa shape index (κ1) is 12.7. The minimum absolute atomic E-state index is 0.334. The highest BCUT2D eigenvalue weighted by atomic mass is 31.2. The molecule has 0 aromatic rings. The Morgan fingerprint density at radius 1 is 1.46 bits per heavy atom. The number of aliphatic hydroxyl groups excluding tert-OH is 2. The minimum atomic E-state index is -4.89. The molecule has 8 heteroatoms. The van der Waals surface area contributed by atoms with Crippen molar-refractivity contribution in [2.75, 3.05) is 6.61 Å². The van der Waals surface area contributed by atoms with Gasteiger partial charge < -0.3 is 29.3 Å². The Morgan fingerprint density at radius 2 is 2.00 bits per heavy atom. The average Bonchev–Trinajstić information content (AvgIpc) is 1.99. The number of phosphoric acid groups is 1. The molecule has 0 saturated carbocycles. The molecule has 3 atom stereocenters. The van der Waals surface area contributed by atoms with Crippen molar-refractivity contribution in [3.63, 3.8) is 0 Å². The van der Waals surface area contributed by atoms with Crippen LogP contribution in [0.4, 0.5) is 0 Å². The number of hydrogen-bond acceptors (Lipinski definition) is 6. The van der Waals surface area contributed by atoms with Crippen LogP contribution in [0.25, 0.3) is 0 Å². The normalized spacial score (nSPS) is 20.3. The van der Waals surface area contributed by atoms with Crippen LogP contribution >= 0.6 is 7.82 Å². The Labute approximate surface area is 74.2 Å². The molecule has 0 aromatic heterocycles. The van der Waals surface area contributed by atoms with Crippen molar-refractivity contribution >= 4 is 14.1 Å². The number of hydrogen-bond donors (Lipinski definition) is 3. The monoisotopic (exact) mass is 213 g/mol. The van der Waals surface area contributed by atoms with E-state index < -0.39 is 26.6 Å². The number of aldehydes is 1. The van der Waals surface area contributed by atoms with E-state index >= 15 is 0 Å². The van der Waals surface area contributed by atoms with Crippen molar-refractivity contribution in [1.82, 2.24) is 0 Å². The molecule has 3 unspecified atom stereocenters. The summed E-state index contributed by atoms with van der Waals surface area (Å²) in [6.07, 6.45) is -2.90. The van der Waals surface area contributed by atoms with Crippen LogP contribution in [0.5, 0.6) is 0 Å². The average molecular weight is 213 g/mol. The summed E-state index contributed by atoms with van der Waals surface area (Å²) in [5.74, 6) is 0. The van der Waals surface area contributed by atoms with Gasteiger partial charge in [-0.05, 0) is 0 Å². The maximum atomic E-state index is 10.0. The van der Waals surface area contributed by atoms with E-state index in [0.717, 1.165) is 0 Å². The van der Waals surface area contributed by atoms with E-state index in [1.807, 2.05) is 0 Å². The molecule has 0 aromatic carbocycles. The second-order valence-electron chi connectivity index (χ2n) is 2.30. The Bertz CT molecular complexity index is 199. The lowest BCUT2D eigenvalue weighted by Crippen LogP contribution is -2.31. The van der Waals surface area contributed by atoms with E-state index in [2.05, 4.69) is 4.52 Å². The molecule has 0 spiro atoms. The highest BCUT2D eigenvalue weighted by Gasteiger charge is 2.17. The molecule has 0 amide bonds. The van der Waals surface area contributed by atoms with Gasteiger partial charge in [-0.2, -0.15) is 0 Å². The highest BCUT2D eigenvalue weighted by Crippen LogP contribution is 2.30. The topological polar surface area (TPSA) is 127 Å².